The van der Waals surface area contributed by atoms with Gasteiger partial charge in [0.25, 0.3) is 0 Å². The molecule has 2 aromatic rings. The molecule has 4 rings (SSSR count). The number of likely N-dealkylation sites (tertiary alicyclic amines) is 1. The summed E-state index contributed by atoms with van der Waals surface area (Å²) in [5.74, 6) is 0.594. The van der Waals surface area contributed by atoms with Crippen LogP contribution in [-0.2, 0) is 6.54 Å². The van der Waals surface area contributed by atoms with Crippen LogP contribution in [0.2, 0.25) is 5.02 Å². The molecule has 0 aromatic heterocycles. The molecule has 2 aliphatic heterocycles. The molecule has 2 heterocycles. The van der Waals surface area contributed by atoms with Crippen LogP contribution in [0.3, 0.4) is 0 Å². The smallest absolute Gasteiger partial charge is 0.321 e. The lowest BCUT2D eigenvalue weighted by Gasteiger charge is -2.32. The van der Waals surface area contributed by atoms with Crippen molar-refractivity contribution in [2.24, 2.45) is 5.92 Å². The zero-order valence-corrected chi connectivity index (χ0v) is 17.8. The molecule has 1 unspecified atom stereocenters. The Labute approximate surface area is 181 Å². The second-order valence-electron chi connectivity index (χ2n) is 7.83. The Kier molecular flexibility index (Phi) is 6.25. The predicted octanol–water partition coefficient (Wildman–Crippen LogP) is 3.97. The minimum atomic E-state index is -0.0707. The van der Waals surface area contributed by atoms with Crippen LogP contribution in [0.25, 0.3) is 0 Å². The molecule has 0 saturated carbocycles. The first-order valence-corrected chi connectivity index (χ1v) is 10.7. The molecular weight excluding hydrogens is 402 g/mol. The van der Waals surface area contributed by atoms with E-state index in [-0.39, 0.29) is 17.7 Å². The van der Waals surface area contributed by atoms with Gasteiger partial charge in [0.2, 0.25) is 0 Å². The van der Waals surface area contributed by atoms with Gasteiger partial charge in [-0.25, -0.2) is 4.79 Å². The van der Waals surface area contributed by atoms with Gasteiger partial charge >= 0.3 is 6.03 Å². The molecule has 0 bridgehead atoms. The maximum Gasteiger partial charge on any atom is 0.321 e. The Balaban J connectivity index is 1.41. The van der Waals surface area contributed by atoms with Crippen LogP contribution in [0.15, 0.2) is 42.5 Å². The average Bonchev–Trinajstić information content (AvgIpc) is 3.20. The summed E-state index contributed by atoms with van der Waals surface area (Å²) >= 11 is 6.12. The summed E-state index contributed by atoms with van der Waals surface area (Å²) in [5, 5.41) is 3.36. The van der Waals surface area contributed by atoms with E-state index in [2.05, 4.69) is 22.3 Å². The van der Waals surface area contributed by atoms with Crippen molar-refractivity contribution in [2.45, 2.75) is 19.4 Å². The highest BCUT2D eigenvalue weighted by Crippen LogP contribution is 2.29. The van der Waals surface area contributed by atoms with Crippen molar-refractivity contribution in [1.82, 2.24) is 10.2 Å². The van der Waals surface area contributed by atoms with E-state index in [4.69, 9.17) is 16.3 Å². The average molecular weight is 428 g/mol. The fraction of sp³-hybridized carbons (Fsp3) is 0.391. The van der Waals surface area contributed by atoms with Crippen molar-refractivity contribution in [3.05, 3.63) is 58.6 Å². The fourth-order valence-electron chi connectivity index (χ4n) is 4.26. The van der Waals surface area contributed by atoms with E-state index in [1.165, 1.54) is 5.56 Å². The Morgan fingerprint density at radius 2 is 2.00 bits per heavy atom. The van der Waals surface area contributed by atoms with E-state index < -0.39 is 0 Å². The van der Waals surface area contributed by atoms with Crippen molar-refractivity contribution < 1.29 is 14.3 Å². The number of ketones is 1. The fourth-order valence-corrected chi connectivity index (χ4v) is 4.44. The number of piperidine rings is 1. The third-order valence-electron chi connectivity index (χ3n) is 5.81. The van der Waals surface area contributed by atoms with Crippen LogP contribution >= 0.6 is 11.6 Å². The van der Waals surface area contributed by atoms with Gasteiger partial charge in [-0.2, -0.15) is 0 Å². The molecule has 30 heavy (non-hydrogen) atoms. The number of hydrogen-bond donors (Lipinski definition) is 1. The number of Topliss-reactive ketones (excluding diaryl/α,β-unsaturated/α-hetero) is 1. The molecule has 2 aliphatic rings. The number of urea groups is 1. The number of methoxy groups -OCH3 is 1. The second kappa shape index (κ2) is 9.06. The highest BCUT2D eigenvalue weighted by Gasteiger charge is 2.28. The molecule has 158 valence electrons. The van der Waals surface area contributed by atoms with Crippen LogP contribution in [0.1, 0.15) is 28.8 Å². The highest BCUT2D eigenvalue weighted by molar-refractivity contribution is 6.31. The van der Waals surface area contributed by atoms with E-state index in [1.54, 1.807) is 30.2 Å². The lowest BCUT2D eigenvalue weighted by Crippen LogP contribution is -2.38. The SMILES string of the molecule is COc1ccc(Cl)cc1C(=O)C1CCCN(Cc2ccc(N3CCNC3=O)cc2)C1. The lowest BCUT2D eigenvalue weighted by atomic mass is 9.89. The van der Waals surface area contributed by atoms with Gasteiger partial charge < -0.3 is 10.1 Å². The number of nitrogens with one attached hydrogen (secondary N) is 1. The van der Waals surface area contributed by atoms with Crippen LogP contribution in [0.4, 0.5) is 10.5 Å². The van der Waals surface area contributed by atoms with Gasteiger partial charge in [0, 0.05) is 42.8 Å². The number of amides is 2. The van der Waals surface area contributed by atoms with E-state index in [1.807, 2.05) is 12.1 Å². The predicted molar refractivity (Wildman–Crippen MR) is 118 cm³/mol. The molecule has 1 N–H and O–H groups in total. The summed E-state index contributed by atoms with van der Waals surface area (Å²) in [7, 11) is 1.57. The maximum atomic E-state index is 13.1. The Bertz CT molecular complexity index is 932. The molecule has 0 spiro atoms. The Hall–Kier alpha value is -2.57. The molecule has 0 aliphatic carbocycles. The van der Waals surface area contributed by atoms with Crippen molar-refractivity contribution in [3.63, 3.8) is 0 Å². The lowest BCUT2D eigenvalue weighted by molar-refractivity contribution is 0.0808. The van der Waals surface area contributed by atoms with Crippen molar-refractivity contribution in [2.75, 3.05) is 38.2 Å². The molecule has 1 atom stereocenters. The van der Waals surface area contributed by atoms with Crippen LogP contribution in [0, 0.1) is 5.92 Å². The Morgan fingerprint density at radius 3 is 2.70 bits per heavy atom. The number of halogens is 1. The maximum absolute atomic E-state index is 13.1. The quantitative estimate of drug-likeness (QED) is 0.708. The second-order valence-corrected chi connectivity index (χ2v) is 8.27. The summed E-state index contributed by atoms with van der Waals surface area (Å²) < 4.78 is 5.37. The first-order valence-electron chi connectivity index (χ1n) is 10.3. The van der Waals surface area contributed by atoms with Crippen molar-refractivity contribution in [1.29, 1.82) is 0 Å². The van der Waals surface area contributed by atoms with Crippen LogP contribution in [0.5, 0.6) is 5.75 Å². The number of rotatable bonds is 6. The molecule has 2 fully saturated rings. The van der Waals surface area contributed by atoms with Crippen molar-refractivity contribution in [3.8, 4) is 5.75 Å². The molecule has 2 aromatic carbocycles. The standard InChI is InChI=1S/C23H26ClN3O3/c1-30-21-9-6-18(24)13-20(21)22(28)17-3-2-11-26(15-17)14-16-4-7-19(8-5-16)27-12-10-25-23(27)29/h4-9,13,17H,2-3,10-12,14-15H2,1H3,(H,25,29). The number of anilines is 1. The number of benzene rings is 2. The van der Waals surface area contributed by atoms with E-state index in [9.17, 15) is 9.59 Å². The van der Waals surface area contributed by atoms with Gasteiger partial charge in [-0.15, -0.1) is 0 Å². The zero-order chi connectivity index (χ0) is 21.1. The van der Waals surface area contributed by atoms with Gasteiger partial charge in [0.15, 0.2) is 5.78 Å². The van der Waals surface area contributed by atoms with Gasteiger partial charge in [-0.05, 0) is 55.3 Å². The highest BCUT2D eigenvalue weighted by atomic mass is 35.5. The molecule has 2 amide bonds. The third kappa shape index (κ3) is 4.45. The van der Waals surface area contributed by atoms with Gasteiger partial charge in [-0.3, -0.25) is 14.6 Å². The van der Waals surface area contributed by atoms with E-state index in [0.29, 0.717) is 36.0 Å². The summed E-state index contributed by atoms with van der Waals surface area (Å²) in [6.07, 6.45) is 1.85. The summed E-state index contributed by atoms with van der Waals surface area (Å²) in [4.78, 5) is 29.0. The largest absolute Gasteiger partial charge is 0.496 e. The topological polar surface area (TPSA) is 61.9 Å². The van der Waals surface area contributed by atoms with Gasteiger partial charge in [0.05, 0.1) is 12.7 Å². The molecular formula is C23H26ClN3O3. The zero-order valence-electron chi connectivity index (χ0n) is 17.1. The molecule has 7 heteroatoms. The van der Waals surface area contributed by atoms with E-state index >= 15 is 0 Å². The van der Waals surface area contributed by atoms with Gasteiger partial charge in [0.1, 0.15) is 5.75 Å². The number of ether oxygens (including phenoxy) is 1. The number of carbonyl (C=O) groups is 2. The molecule has 0 radical (unpaired) electrons. The monoisotopic (exact) mass is 427 g/mol. The molecule has 2 saturated heterocycles. The molecule has 6 nitrogen and oxygen atoms in total. The van der Waals surface area contributed by atoms with Gasteiger partial charge in [-0.1, -0.05) is 23.7 Å². The minimum absolute atomic E-state index is 0.0448. The van der Waals surface area contributed by atoms with Crippen molar-refractivity contribution >= 4 is 29.1 Å². The van der Waals surface area contributed by atoms with E-state index in [0.717, 1.165) is 31.6 Å². The summed E-state index contributed by atoms with van der Waals surface area (Å²) in [5.41, 5.74) is 2.64. The number of carbonyl (C=O) groups excluding carboxylic acids is 2. The first kappa shape index (κ1) is 20.7. The first-order chi connectivity index (χ1) is 14.5. The normalized spacial score (nSPS) is 19.6. The van der Waals surface area contributed by atoms with Crippen LogP contribution in [-0.4, -0.2) is 50.0 Å². The third-order valence-corrected chi connectivity index (χ3v) is 6.05. The number of hydrogen-bond acceptors (Lipinski definition) is 4. The Morgan fingerprint density at radius 1 is 1.20 bits per heavy atom. The number of nitrogens with zero attached hydrogens (tertiary/aromatic N) is 2. The summed E-state index contributed by atoms with van der Waals surface area (Å²) in [6, 6.07) is 13.2. The minimum Gasteiger partial charge on any atom is -0.496 e. The van der Waals surface area contributed by atoms with Crippen LogP contribution < -0.4 is 15.0 Å². The summed E-state index contributed by atoms with van der Waals surface area (Å²) in [6.45, 7) is 3.84.